The van der Waals surface area contributed by atoms with E-state index < -0.39 is 0 Å². The number of hydrogen-bond acceptors (Lipinski definition) is 2. The summed E-state index contributed by atoms with van der Waals surface area (Å²) in [6.07, 6.45) is -0.0770. The Morgan fingerprint density at radius 2 is 1.88 bits per heavy atom. The summed E-state index contributed by atoms with van der Waals surface area (Å²) >= 11 is 0. The van der Waals surface area contributed by atoms with Gasteiger partial charge in [-0.2, -0.15) is 0 Å². The zero-order valence-corrected chi connectivity index (χ0v) is 15.2. The van der Waals surface area contributed by atoms with Gasteiger partial charge in [-0.05, 0) is 36.6 Å². The van der Waals surface area contributed by atoms with Crippen LogP contribution < -0.4 is 10.6 Å². The summed E-state index contributed by atoms with van der Waals surface area (Å²) in [7, 11) is 3.40. The van der Waals surface area contributed by atoms with Crippen molar-refractivity contribution in [2.45, 2.75) is 26.0 Å². The first-order valence-electron chi connectivity index (χ1n) is 8.36. The summed E-state index contributed by atoms with van der Waals surface area (Å²) in [6.45, 7) is 4.31. The Bertz CT molecular complexity index is 703. The van der Waals surface area contributed by atoms with Crippen LogP contribution in [0.1, 0.15) is 35.8 Å². The van der Waals surface area contributed by atoms with E-state index in [1.165, 1.54) is 0 Å². The Kier molecular flexibility index (Phi) is 6.95. The maximum Gasteiger partial charge on any atom is 0.191 e. The quantitative estimate of drug-likeness (QED) is 0.620. The van der Waals surface area contributed by atoms with Gasteiger partial charge < -0.3 is 15.4 Å². The average Bonchev–Trinajstić information content (AvgIpc) is 2.64. The number of guanidine groups is 1. The summed E-state index contributed by atoms with van der Waals surface area (Å²) in [6, 6.07) is 15.2. The minimum absolute atomic E-state index is 0.0704. The number of benzene rings is 2. The van der Waals surface area contributed by atoms with Gasteiger partial charge >= 0.3 is 0 Å². The molecule has 0 heterocycles. The molecule has 0 fully saturated rings. The van der Waals surface area contributed by atoms with Gasteiger partial charge in [-0.1, -0.05) is 42.5 Å². The van der Waals surface area contributed by atoms with Gasteiger partial charge in [0.15, 0.2) is 5.96 Å². The van der Waals surface area contributed by atoms with Crippen molar-refractivity contribution in [3.05, 3.63) is 71.0 Å². The molecule has 0 amide bonds. The van der Waals surface area contributed by atoms with Gasteiger partial charge in [0.25, 0.3) is 0 Å². The molecule has 0 aliphatic carbocycles. The molecule has 2 rings (SSSR count). The number of rotatable bonds is 6. The lowest BCUT2D eigenvalue weighted by Crippen LogP contribution is -2.40. The highest BCUT2D eigenvalue weighted by Crippen LogP contribution is 2.17. The van der Waals surface area contributed by atoms with Crippen LogP contribution >= 0.6 is 0 Å². The lowest BCUT2D eigenvalue weighted by atomic mass is 10.1. The summed E-state index contributed by atoms with van der Waals surface area (Å²) in [4.78, 5) is 4.24. The Morgan fingerprint density at radius 1 is 1.16 bits per heavy atom. The van der Waals surface area contributed by atoms with E-state index in [2.05, 4.69) is 15.6 Å². The van der Waals surface area contributed by atoms with Gasteiger partial charge in [-0.3, -0.25) is 4.99 Å². The molecule has 0 aliphatic heterocycles. The largest absolute Gasteiger partial charge is 0.375 e. The number of aryl methyl sites for hydroxylation is 1. The molecule has 2 aromatic rings. The Balaban J connectivity index is 1.96. The van der Waals surface area contributed by atoms with Gasteiger partial charge in [0, 0.05) is 20.7 Å². The molecule has 0 bridgehead atoms. The number of nitrogens with one attached hydrogen (secondary N) is 2. The predicted octanol–water partition coefficient (Wildman–Crippen LogP) is 3.75. The monoisotopic (exact) mass is 343 g/mol. The van der Waals surface area contributed by atoms with Crippen LogP contribution in [0.25, 0.3) is 0 Å². The fourth-order valence-corrected chi connectivity index (χ4v) is 2.56. The third kappa shape index (κ3) is 5.29. The van der Waals surface area contributed by atoms with Crippen molar-refractivity contribution in [2.75, 3.05) is 20.7 Å². The lowest BCUT2D eigenvalue weighted by Gasteiger charge is -2.21. The second-order valence-corrected chi connectivity index (χ2v) is 5.96. The standard InChI is InChI=1S/C20H26FN3O/c1-14-10-11-17(12-18(14)21)15(2)24-20(22-3)23-13-19(25-4)16-8-6-5-7-9-16/h5-12,15,19H,13H2,1-4H3,(H2,22,23,24). The van der Waals surface area contributed by atoms with E-state index in [0.29, 0.717) is 18.1 Å². The first-order chi connectivity index (χ1) is 12.0. The molecule has 0 aromatic heterocycles. The summed E-state index contributed by atoms with van der Waals surface area (Å²) in [5.41, 5.74) is 2.61. The normalized spacial score (nSPS) is 14.0. The molecule has 0 aliphatic rings. The zero-order valence-electron chi connectivity index (χ0n) is 15.2. The second kappa shape index (κ2) is 9.18. The first kappa shape index (κ1) is 18.9. The molecule has 2 N–H and O–H groups in total. The topological polar surface area (TPSA) is 45.7 Å². The van der Waals surface area contributed by atoms with Crippen LogP contribution in [0.3, 0.4) is 0 Å². The van der Waals surface area contributed by atoms with Crippen LogP contribution in [0.5, 0.6) is 0 Å². The molecule has 0 radical (unpaired) electrons. The van der Waals surface area contributed by atoms with Crippen LogP contribution in [-0.4, -0.2) is 26.7 Å². The first-order valence-corrected chi connectivity index (χ1v) is 8.36. The molecule has 2 aromatic carbocycles. The van der Waals surface area contributed by atoms with Gasteiger partial charge in [0.05, 0.1) is 12.1 Å². The van der Waals surface area contributed by atoms with E-state index in [-0.39, 0.29) is 18.0 Å². The van der Waals surface area contributed by atoms with Crippen LogP contribution in [0, 0.1) is 12.7 Å². The highest BCUT2D eigenvalue weighted by Gasteiger charge is 2.13. The van der Waals surface area contributed by atoms with E-state index in [1.807, 2.05) is 43.3 Å². The van der Waals surface area contributed by atoms with E-state index in [4.69, 9.17) is 4.74 Å². The third-order valence-corrected chi connectivity index (χ3v) is 4.18. The molecule has 0 saturated heterocycles. The van der Waals surface area contributed by atoms with Gasteiger partial charge in [-0.15, -0.1) is 0 Å². The Hall–Kier alpha value is -2.40. The summed E-state index contributed by atoms with van der Waals surface area (Å²) in [5.74, 6) is 0.448. The molecule has 2 atom stereocenters. The molecule has 5 heteroatoms. The molecule has 134 valence electrons. The Morgan fingerprint density at radius 3 is 2.48 bits per heavy atom. The van der Waals surface area contributed by atoms with Crippen molar-refractivity contribution in [2.24, 2.45) is 4.99 Å². The second-order valence-electron chi connectivity index (χ2n) is 5.96. The minimum Gasteiger partial charge on any atom is -0.375 e. The van der Waals surface area contributed by atoms with E-state index in [0.717, 1.165) is 11.1 Å². The number of nitrogens with zero attached hydrogens (tertiary/aromatic N) is 1. The average molecular weight is 343 g/mol. The smallest absolute Gasteiger partial charge is 0.191 e. The molecule has 0 spiro atoms. The van der Waals surface area contributed by atoms with Crippen LogP contribution in [0.15, 0.2) is 53.5 Å². The molecule has 2 unspecified atom stereocenters. The zero-order chi connectivity index (χ0) is 18.2. The summed E-state index contributed by atoms with van der Waals surface area (Å²) in [5, 5.41) is 6.54. The molecule has 4 nitrogen and oxygen atoms in total. The van der Waals surface area contributed by atoms with Crippen molar-refractivity contribution in [3.8, 4) is 0 Å². The van der Waals surface area contributed by atoms with Crippen molar-refractivity contribution in [3.63, 3.8) is 0 Å². The van der Waals surface area contributed by atoms with Gasteiger partial charge in [0.1, 0.15) is 5.82 Å². The summed E-state index contributed by atoms with van der Waals surface area (Å²) < 4.78 is 19.3. The number of hydrogen-bond donors (Lipinski definition) is 2. The predicted molar refractivity (Wildman–Crippen MR) is 100 cm³/mol. The number of halogens is 1. The highest BCUT2D eigenvalue weighted by atomic mass is 19.1. The van der Waals surface area contributed by atoms with Crippen LogP contribution in [-0.2, 0) is 4.74 Å². The van der Waals surface area contributed by atoms with Gasteiger partial charge in [-0.25, -0.2) is 4.39 Å². The Labute approximate surface area is 149 Å². The molecular weight excluding hydrogens is 317 g/mol. The fraction of sp³-hybridized carbons (Fsp3) is 0.350. The molecule has 0 saturated carbocycles. The lowest BCUT2D eigenvalue weighted by molar-refractivity contribution is 0.106. The molecular formula is C20H26FN3O. The highest BCUT2D eigenvalue weighted by molar-refractivity contribution is 5.80. The van der Waals surface area contributed by atoms with Crippen molar-refractivity contribution >= 4 is 5.96 Å². The number of methoxy groups -OCH3 is 1. The van der Waals surface area contributed by atoms with Crippen LogP contribution in [0.2, 0.25) is 0 Å². The van der Waals surface area contributed by atoms with Crippen LogP contribution in [0.4, 0.5) is 4.39 Å². The van der Waals surface area contributed by atoms with Crippen molar-refractivity contribution in [1.82, 2.24) is 10.6 Å². The minimum atomic E-state index is -0.197. The number of ether oxygens (including phenoxy) is 1. The van der Waals surface area contributed by atoms with E-state index >= 15 is 0 Å². The van der Waals surface area contributed by atoms with Crippen molar-refractivity contribution < 1.29 is 9.13 Å². The van der Waals surface area contributed by atoms with Gasteiger partial charge in [0.2, 0.25) is 0 Å². The van der Waals surface area contributed by atoms with E-state index in [9.17, 15) is 4.39 Å². The maximum atomic E-state index is 13.8. The third-order valence-electron chi connectivity index (χ3n) is 4.18. The SMILES string of the molecule is CN=C(NCC(OC)c1ccccc1)NC(C)c1ccc(C)c(F)c1. The van der Waals surface area contributed by atoms with Crippen molar-refractivity contribution in [1.29, 1.82) is 0 Å². The molecule has 25 heavy (non-hydrogen) atoms. The number of aliphatic imine (C=N–C) groups is 1. The maximum absolute atomic E-state index is 13.8. The fourth-order valence-electron chi connectivity index (χ4n) is 2.56. The van der Waals surface area contributed by atoms with E-state index in [1.54, 1.807) is 33.2 Å².